The van der Waals surface area contributed by atoms with Gasteiger partial charge in [-0.2, -0.15) is 0 Å². The van der Waals surface area contributed by atoms with Crippen LogP contribution in [0.4, 0.5) is 0 Å². The van der Waals surface area contributed by atoms with Gasteiger partial charge in [0.25, 0.3) is 0 Å². The molecule has 2 aromatic carbocycles. The maximum atomic E-state index is 12.1. The summed E-state index contributed by atoms with van der Waals surface area (Å²) in [5.74, 6) is 0.0423. The quantitative estimate of drug-likeness (QED) is 0.329. The summed E-state index contributed by atoms with van der Waals surface area (Å²) >= 11 is 3.25. The Kier molecular flexibility index (Phi) is 4.00. The van der Waals surface area contributed by atoms with E-state index in [9.17, 15) is 9.59 Å². The monoisotopic (exact) mass is 350 g/mol. The Morgan fingerprint density at radius 1 is 1.04 bits per heavy atom. The largest absolute Gasteiger partial charge is 0.303 e. The first-order valence-electron chi connectivity index (χ1n) is 7.74. The zero-order valence-electron chi connectivity index (χ0n) is 12.8. The number of hydrogen-bond acceptors (Lipinski definition) is 4. The highest BCUT2D eigenvalue weighted by Crippen LogP contribution is 2.40. The Labute approximate surface area is 147 Å². The number of fused-ring (bicyclic) bond motifs is 3. The molecule has 0 atom stereocenters. The summed E-state index contributed by atoms with van der Waals surface area (Å²) in [6.07, 6.45) is 1.37. The van der Waals surface area contributed by atoms with Crippen LogP contribution in [0.5, 0.6) is 0 Å². The lowest BCUT2D eigenvalue weighted by Gasteiger charge is -2.01. The van der Waals surface area contributed by atoms with Crippen molar-refractivity contribution in [2.24, 2.45) is 0 Å². The normalized spacial score (nSPS) is 11.2. The topological polar surface area (TPSA) is 34.1 Å². The minimum atomic E-state index is 0.0423. The molecule has 24 heavy (non-hydrogen) atoms. The third-order valence-corrected chi connectivity index (χ3v) is 6.18. The Balaban J connectivity index is 1.84. The molecule has 2 aromatic heterocycles. The molecular weight excluding hydrogens is 336 g/mol. The Bertz CT molecular complexity index is 1060. The van der Waals surface area contributed by atoms with E-state index in [1.54, 1.807) is 11.3 Å². The average molecular weight is 350 g/mol. The lowest BCUT2D eigenvalue weighted by molar-refractivity contribution is -0.107. The van der Waals surface area contributed by atoms with E-state index >= 15 is 0 Å². The van der Waals surface area contributed by atoms with Gasteiger partial charge >= 0.3 is 0 Å². The Morgan fingerprint density at radius 2 is 1.88 bits per heavy atom. The number of carbonyl (C=O) groups excluding carboxylic acids is 2. The maximum absolute atomic E-state index is 12.1. The third kappa shape index (κ3) is 2.58. The number of ketones is 1. The second-order valence-electron chi connectivity index (χ2n) is 5.61. The van der Waals surface area contributed by atoms with Gasteiger partial charge in [-0.25, -0.2) is 0 Å². The van der Waals surface area contributed by atoms with Gasteiger partial charge in [-0.1, -0.05) is 30.3 Å². The van der Waals surface area contributed by atoms with Gasteiger partial charge in [0.1, 0.15) is 6.29 Å². The molecule has 0 aliphatic carbocycles. The average Bonchev–Trinajstić information content (AvgIpc) is 3.24. The van der Waals surface area contributed by atoms with E-state index < -0.39 is 0 Å². The van der Waals surface area contributed by atoms with E-state index in [1.165, 1.54) is 31.5 Å². The molecule has 0 spiro atoms. The highest BCUT2D eigenvalue weighted by molar-refractivity contribution is 7.26. The summed E-state index contributed by atoms with van der Waals surface area (Å²) in [5.41, 5.74) is 2.24. The molecule has 2 nitrogen and oxygen atoms in total. The van der Waals surface area contributed by atoms with Gasteiger partial charge in [0.15, 0.2) is 5.78 Å². The molecule has 0 aliphatic rings. The number of aldehydes is 1. The van der Waals surface area contributed by atoms with E-state index in [0.29, 0.717) is 0 Å². The summed E-state index contributed by atoms with van der Waals surface area (Å²) in [7, 11) is 0. The molecule has 2 heterocycles. The molecule has 4 heteroatoms. The van der Waals surface area contributed by atoms with Crippen LogP contribution in [0.15, 0.2) is 53.9 Å². The van der Waals surface area contributed by atoms with Gasteiger partial charge in [0.2, 0.25) is 0 Å². The zero-order valence-corrected chi connectivity index (χ0v) is 14.5. The van der Waals surface area contributed by atoms with E-state index in [2.05, 4.69) is 42.5 Å². The first-order valence-corrected chi connectivity index (χ1v) is 9.43. The molecule has 0 radical (unpaired) electrons. The van der Waals surface area contributed by atoms with Crippen LogP contribution >= 0.6 is 22.7 Å². The Morgan fingerprint density at radius 3 is 2.75 bits per heavy atom. The fourth-order valence-corrected chi connectivity index (χ4v) is 4.96. The smallest absolute Gasteiger partial charge is 0.173 e. The standard InChI is InChI=1S/C20H14O2S2/c21-10-4-7-16(22)19-11-13(12-23-19)14-6-3-9-18-20(14)15-5-1-2-8-17(15)24-18/h1-3,5-6,8-12H,4,7H2. The van der Waals surface area contributed by atoms with Gasteiger partial charge in [-0.15, -0.1) is 22.7 Å². The molecule has 0 unspecified atom stereocenters. The van der Waals surface area contributed by atoms with E-state index in [4.69, 9.17) is 0 Å². The first-order chi connectivity index (χ1) is 11.8. The summed E-state index contributed by atoms with van der Waals surface area (Å²) < 4.78 is 2.53. The van der Waals surface area contributed by atoms with Crippen molar-refractivity contribution in [1.29, 1.82) is 0 Å². The number of carbonyl (C=O) groups is 2. The molecule has 4 rings (SSSR count). The lowest BCUT2D eigenvalue weighted by Crippen LogP contribution is -1.95. The summed E-state index contributed by atoms with van der Waals surface area (Å²) in [5, 5.41) is 4.55. The predicted octanol–water partition coefficient (Wildman–Crippen LogP) is 5.94. The molecule has 0 saturated heterocycles. The fraction of sp³-hybridized carbons (Fsp3) is 0.100. The van der Waals surface area contributed by atoms with Crippen LogP contribution in [0.1, 0.15) is 22.5 Å². The second-order valence-corrected chi connectivity index (χ2v) is 7.60. The molecular formula is C20H14O2S2. The van der Waals surface area contributed by atoms with Gasteiger partial charge in [0.05, 0.1) is 4.88 Å². The van der Waals surface area contributed by atoms with Crippen molar-refractivity contribution in [2.45, 2.75) is 12.8 Å². The van der Waals surface area contributed by atoms with Crippen molar-refractivity contribution in [2.75, 3.05) is 0 Å². The fourth-order valence-electron chi connectivity index (χ4n) is 2.95. The SMILES string of the molecule is O=CCCC(=O)c1cc(-c2cccc3sc4ccccc4c23)cs1. The molecule has 0 aliphatic heterocycles. The molecule has 0 amide bonds. The minimum absolute atomic E-state index is 0.0423. The van der Waals surface area contributed by atoms with E-state index in [-0.39, 0.29) is 18.6 Å². The predicted molar refractivity (Wildman–Crippen MR) is 102 cm³/mol. The van der Waals surface area contributed by atoms with E-state index in [1.807, 2.05) is 11.4 Å². The molecule has 4 aromatic rings. The summed E-state index contributed by atoms with van der Waals surface area (Å²) in [6.45, 7) is 0. The molecule has 0 bridgehead atoms. The molecule has 0 fully saturated rings. The number of thiophene rings is 2. The van der Waals surface area contributed by atoms with Crippen LogP contribution in [-0.4, -0.2) is 12.1 Å². The van der Waals surface area contributed by atoms with E-state index in [0.717, 1.165) is 22.3 Å². The minimum Gasteiger partial charge on any atom is -0.303 e. The van der Waals surface area contributed by atoms with Crippen molar-refractivity contribution >= 4 is 54.9 Å². The second kappa shape index (κ2) is 6.30. The van der Waals surface area contributed by atoms with Crippen molar-refractivity contribution in [1.82, 2.24) is 0 Å². The Hall–Kier alpha value is -2.30. The van der Waals surface area contributed by atoms with Gasteiger partial charge < -0.3 is 4.79 Å². The highest BCUT2D eigenvalue weighted by Gasteiger charge is 2.14. The van der Waals surface area contributed by atoms with Crippen molar-refractivity contribution in [3.8, 4) is 11.1 Å². The lowest BCUT2D eigenvalue weighted by atomic mass is 10.0. The number of Topliss-reactive ketones (excluding diaryl/α,β-unsaturated/α-hetero) is 1. The van der Waals surface area contributed by atoms with Crippen molar-refractivity contribution in [3.63, 3.8) is 0 Å². The van der Waals surface area contributed by atoms with Crippen LogP contribution in [0.25, 0.3) is 31.3 Å². The van der Waals surface area contributed by atoms with Gasteiger partial charge in [-0.3, -0.25) is 4.79 Å². The first kappa shape index (κ1) is 15.2. The van der Waals surface area contributed by atoms with Gasteiger partial charge in [0, 0.05) is 33.0 Å². The van der Waals surface area contributed by atoms with Gasteiger partial charge in [-0.05, 0) is 34.7 Å². The summed E-state index contributed by atoms with van der Waals surface area (Å²) in [6, 6.07) is 16.7. The number of benzene rings is 2. The van der Waals surface area contributed by atoms with Crippen LogP contribution in [0.2, 0.25) is 0 Å². The number of hydrogen-bond donors (Lipinski definition) is 0. The maximum Gasteiger partial charge on any atom is 0.173 e. The number of rotatable bonds is 5. The van der Waals surface area contributed by atoms with Crippen LogP contribution < -0.4 is 0 Å². The van der Waals surface area contributed by atoms with Crippen LogP contribution in [0, 0.1) is 0 Å². The van der Waals surface area contributed by atoms with Crippen LogP contribution in [0.3, 0.4) is 0 Å². The molecule has 0 saturated carbocycles. The van der Waals surface area contributed by atoms with Crippen LogP contribution in [-0.2, 0) is 4.79 Å². The van der Waals surface area contributed by atoms with Crippen molar-refractivity contribution in [3.05, 3.63) is 58.8 Å². The highest BCUT2D eigenvalue weighted by atomic mass is 32.1. The zero-order chi connectivity index (χ0) is 16.5. The molecule has 0 N–H and O–H groups in total. The summed E-state index contributed by atoms with van der Waals surface area (Å²) in [4.78, 5) is 23.3. The third-order valence-electron chi connectivity index (χ3n) is 4.08. The van der Waals surface area contributed by atoms with Crippen molar-refractivity contribution < 1.29 is 9.59 Å². The molecule has 118 valence electrons.